The minimum absolute atomic E-state index is 0.650. The molecule has 118 valence electrons. The topological polar surface area (TPSA) is 24.4 Å². The van der Waals surface area contributed by atoms with Crippen molar-refractivity contribution in [2.24, 2.45) is 4.99 Å². The number of likely N-dealkylation sites (N-methyl/N-ethyl adjacent to an activating group) is 1. The maximum Gasteiger partial charge on any atom is 0.416 e. The molecule has 0 saturated carbocycles. The lowest BCUT2D eigenvalue weighted by Crippen LogP contribution is -2.20. The van der Waals surface area contributed by atoms with E-state index in [1.807, 2.05) is 24.3 Å². The number of aliphatic imine (C=N–C) groups is 1. The third-order valence-electron chi connectivity index (χ3n) is 3.83. The molecule has 1 aliphatic heterocycles. The molecule has 23 heavy (non-hydrogen) atoms. The summed E-state index contributed by atoms with van der Waals surface area (Å²) in [5, 5.41) is 3.04. The van der Waals surface area contributed by atoms with Crippen molar-refractivity contribution < 1.29 is 13.2 Å². The van der Waals surface area contributed by atoms with Gasteiger partial charge in [-0.25, -0.2) is 4.99 Å². The molecule has 0 saturated heterocycles. The Morgan fingerprint density at radius 1 is 1.00 bits per heavy atom. The lowest BCUT2D eigenvalue weighted by molar-refractivity contribution is -0.137. The zero-order valence-corrected chi connectivity index (χ0v) is 12.5. The number of hydrogen-bond acceptors (Lipinski definition) is 2. The van der Waals surface area contributed by atoms with Crippen LogP contribution in [0.25, 0.3) is 5.57 Å². The quantitative estimate of drug-likeness (QED) is 0.835. The molecule has 0 spiro atoms. The first-order chi connectivity index (χ1) is 11.0. The van der Waals surface area contributed by atoms with E-state index in [1.54, 1.807) is 13.2 Å². The number of rotatable bonds is 1. The molecule has 5 heteroatoms. The van der Waals surface area contributed by atoms with Gasteiger partial charge in [-0.05, 0) is 28.8 Å². The molecule has 3 rings (SSSR count). The van der Waals surface area contributed by atoms with Crippen molar-refractivity contribution in [3.63, 3.8) is 0 Å². The van der Waals surface area contributed by atoms with Crippen LogP contribution in [0, 0.1) is 0 Å². The second-order valence-electron chi connectivity index (χ2n) is 5.28. The van der Waals surface area contributed by atoms with Crippen LogP contribution in [0.4, 0.5) is 13.2 Å². The van der Waals surface area contributed by atoms with E-state index >= 15 is 0 Å². The summed E-state index contributed by atoms with van der Waals surface area (Å²) in [6.45, 7) is 0. The highest BCUT2D eigenvalue weighted by Crippen LogP contribution is 2.33. The zero-order chi connectivity index (χ0) is 16.4. The minimum Gasteiger partial charge on any atom is -0.376 e. The van der Waals surface area contributed by atoms with Gasteiger partial charge in [-0.15, -0.1) is 0 Å². The Morgan fingerprint density at radius 2 is 1.70 bits per heavy atom. The number of benzene rings is 2. The average molecular weight is 316 g/mol. The summed E-state index contributed by atoms with van der Waals surface area (Å²) in [4.78, 5) is 4.41. The highest BCUT2D eigenvalue weighted by Gasteiger charge is 2.30. The predicted molar refractivity (Wildman–Crippen MR) is 85.2 cm³/mol. The van der Waals surface area contributed by atoms with Crippen LogP contribution < -0.4 is 5.32 Å². The predicted octanol–water partition coefficient (Wildman–Crippen LogP) is 4.27. The summed E-state index contributed by atoms with van der Waals surface area (Å²) in [5.41, 5.74) is 2.96. The summed E-state index contributed by atoms with van der Waals surface area (Å²) in [6, 6.07) is 13.0. The molecule has 0 radical (unpaired) electrons. The fourth-order valence-electron chi connectivity index (χ4n) is 2.60. The number of alkyl halides is 3. The van der Waals surface area contributed by atoms with Crippen LogP contribution in [0.5, 0.6) is 0 Å². The molecule has 0 amide bonds. The number of amidine groups is 1. The molecule has 2 aromatic rings. The van der Waals surface area contributed by atoms with Crippen LogP contribution in [0.1, 0.15) is 22.3 Å². The van der Waals surface area contributed by atoms with Crippen LogP contribution in [0.3, 0.4) is 0 Å². The van der Waals surface area contributed by atoms with Gasteiger partial charge in [0.1, 0.15) is 5.84 Å². The lowest BCUT2D eigenvalue weighted by Gasteiger charge is -2.12. The fourth-order valence-corrected chi connectivity index (χ4v) is 2.60. The molecule has 2 nitrogen and oxygen atoms in total. The molecule has 0 bridgehead atoms. The van der Waals surface area contributed by atoms with E-state index in [1.165, 1.54) is 12.1 Å². The number of halogens is 3. The number of nitrogens with one attached hydrogen (secondary N) is 1. The lowest BCUT2D eigenvalue weighted by atomic mass is 9.93. The van der Waals surface area contributed by atoms with E-state index in [4.69, 9.17) is 0 Å². The third kappa shape index (κ3) is 3.13. The second-order valence-corrected chi connectivity index (χ2v) is 5.28. The first kappa shape index (κ1) is 15.3. The Labute approximate surface area is 132 Å². The molecule has 0 aromatic heterocycles. The monoisotopic (exact) mass is 316 g/mol. The van der Waals surface area contributed by atoms with Crippen LogP contribution in [-0.2, 0) is 12.6 Å². The molecule has 0 aliphatic carbocycles. The first-order valence-corrected chi connectivity index (χ1v) is 7.19. The van der Waals surface area contributed by atoms with Gasteiger partial charge in [-0.1, -0.05) is 36.4 Å². The Balaban J connectivity index is 2.07. The van der Waals surface area contributed by atoms with Crippen molar-refractivity contribution in [2.45, 2.75) is 12.6 Å². The van der Waals surface area contributed by atoms with Crippen molar-refractivity contribution in [1.82, 2.24) is 5.32 Å². The van der Waals surface area contributed by atoms with Gasteiger partial charge in [0.05, 0.1) is 5.56 Å². The summed E-state index contributed by atoms with van der Waals surface area (Å²) < 4.78 is 38.2. The van der Waals surface area contributed by atoms with Gasteiger partial charge in [0.15, 0.2) is 0 Å². The summed E-state index contributed by atoms with van der Waals surface area (Å²) in [6.07, 6.45) is -1.96. The molecule has 0 fully saturated rings. The van der Waals surface area contributed by atoms with Crippen LogP contribution in [0.15, 0.2) is 59.7 Å². The van der Waals surface area contributed by atoms with Gasteiger partial charge < -0.3 is 5.32 Å². The van der Waals surface area contributed by atoms with E-state index in [2.05, 4.69) is 10.3 Å². The Kier molecular flexibility index (Phi) is 3.94. The van der Waals surface area contributed by atoms with Gasteiger partial charge in [-0.2, -0.15) is 13.2 Å². The molecule has 2 aromatic carbocycles. The first-order valence-electron chi connectivity index (χ1n) is 7.19. The Bertz CT molecular complexity index is 772. The molecular formula is C18H15F3N2. The van der Waals surface area contributed by atoms with Crippen molar-refractivity contribution in [3.8, 4) is 0 Å². The average Bonchev–Trinajstić information content (AvgIpc) is 2.73. The standard InChI is InChI=1S/C18H15F3N2/c1-22-17-10-13-4-2-3-5-15(13)16(11-23-17)12-6-8-14(9-7-12)18(19,20)21/h2-9,11H,10H2,1H3,(H,22,23). The maximum atomic E-state index is 12.7. The SMILES string of the molecule is CNC1=NC=C(c2ccc(C(F)(F)F)cc2)c2ccccc2C1. The van der Waals surface area contributed by atoms with Crippen molar-refractivity contribution >= 4 is 11.4 Å². The molecule has 0 atom stereocenters. The zero-order valence-electron chi connectivity index (χ0n) is 12.5. The third-order valence-corrected chi connectivity index (χ3v) is 3.83. The molecule has 1 N–H and O–H groups in total. The van der Waals surface area contributed by atoms with Crippen LogP contribution >= 0.6 is 0 Å². The van der Waals surface area contributed by atoms with E-state index in [-0.39, 0.29) is 0 Å². The van der Waals surface area contributed by atoms with Crippen molar-refractivity contribution in [1.29, 1.82) is 0 Å². The fraction of sp³-hybridized carbons (Fsp3) is 0.167. The summed E-state index contributed by atoms with van der Waals surface area (Å²) in [7, 11) is 1.80. The summed E-state index contributed by atoms with van der Waals surface area (Å²) in [5.74, 6) is 0.819. The molecular weight excluding hydrogens is 301 g/mol. The van der Waals surface area contributed by atoms with Crippen molar-refractivity contribution in [3.05, 3.63) is 77.0 Å². The van der Waals surface area contributed by atoms with E-state index in [0.717, 1.165) is 34.7 Å². The van der Waals surface area contributed by atoms with Gasteiger partial charge in [0.2, 0.25) is 0 Å². The van der Waals surface area contributed by atoms with Gasteiger partial charge >= 0.3 is 6.18 Å². The van der Waals surface area contributed by atoms with Gasteiger partial charge in [0, 0.05) is 25.2 Å². The molecule has 1 heterocycles. The van der Waals surface area contributed by atoms with E-state index in [0.29, 0.717) is 12.0 Å². The van der Waals surface area contributed by atoms with Crippen LogP contribution in [0.2, 0.25) is 0 Å². The minimum atomic E-state index is -4.33. The second kappa shape index (κ2) is 5.91. The normalized spacial score (nSPS) is 14.4. The van der Waals surface area contributed by atoms with E-state index in [9.17, 15) is 13.2 Å². The van der Waals surface area contributed by atoms with E-state index < -0.39 is 11.7 Å². The van der Waals surface area contributed by atoms with Crippen molar-refractivity contribution in [2.75, 3.05) is 7.05 Å². The Morgan fingerprint density at radius 3 is 2.35 bits per heavy atom. The maximum absolute atomic E-state index is 12.7. The molecule has 0 unspecified atom stereocenters. The van der Waals surface area contributed by atoms with Crippen LogP contribution in [-0.4, -0.2) is 12.9 Å². The smallest absolute Gasteiger partial charge is 0.376 e. The number of nitrogens with zero attached hydrogens (tertiary/aromatic N) is 1. The number of hydrogen-bond donors (Lipinski definition) is 1. The number of fused-ring (bicyclic) bond motifs is 1. The van der Waals surface area contributed by atoms with Gasteiger partial charge in [-0.3, -0.25) is 0 Å². The summed E-state index contributed by atoms with van der Waals surface area (Å²) >= 11 is 0. The molecule has 1 aliphatic rings. The Hall–Kier alpha value is -2.56. The highest BCUT2D eigenvalue weighted by molar-refractivity contribution is 5.91. The highest BCUT2D eigenvalue weighted by atomic mass is 19.4. The van der Waals surface area contributed by atoms with Gasteiger partial charge in [0.25, 0.3) is 0 Å². The largest absolute Gasteiger partial charge is 0.416 e.